The molecular weight excluding hydrogens is 232 g/mol. The molecule has 0 spiro atoms. The Kier molecular flexibility index (Phi) is 4.13. The molecule has 17 heavy (non-hydrogen) atoms. The first kappa shape index (κ1) is 12.5. The summed E-state index contributed by atoms with van der Waals surface area (Å²) in [5.74, 6) is 2.74. The molecule has 92 valence electrons. The zero-order valence-corrected chi connectivity index (χ0v) is 11.1. The summed E-state index contributed by atoms with van der Waals surface area (Å²) in [6.45, 7) is 4.18. The molecule has 1 aromatic heterocycles. The van der Waals surface area contributed by atoms with Crippen molar-refractivity contribution in [1.82, 2.24) is 0 Å². The Hall–Kier alpha value is -0.930. The second-order valence-electron chi connectivity index (χ2n) is 4.19. The van der Waals surface area contributed by atoms with E-state index in [4.69, 9.17) is 4.42 Å². The molecule has 0 aliphatic heterocycles. The van der Waals surface area contributed by atoms with Crippen LogP contribution in [0.1, 0.15) is 30.8 Å². The summed E-state index contributed by atoms with van der Waals surface area (Å²) < 4.78 is 5.66. The maximum Gasteiger partial charge on any atom is 0.134 e. The molecule has 1 aromatic carbocycles. The lowest BCUT2D eigenvalue weighted by atomic mass is 10.1. The molecule has 3 heteroatoms. The number of aliphatic hydroxyl groups is 1. The molecule has 0 amide bonds. The van der Waals surface area contributed by atoms with Gasteiger partial charge in [-0.2, -0.15) is 11.8 Å². The lowest BCUT2D eigenvalue weighted by Gasteiger charge is -2.05. The number of furan rings is 1. The van der Waals surface area contributed by atoms with E-state index < -0.39 is 6.10 Å². The van der Waals surface area contributed by atoms with Crippen LogP contribution in [0.25, 0.3) is 11.0 Å². The fourth-order valence-electron chi connectivity index (χ4n) is 1.83. The van der Waals surface area contributed by atoms with Gasteiger partial charge in [0.15, 0.2) is 0 Å². The van der Waals surface area contributed by atoms with Gasteiger partial charge in [0.2, 0.25) is 0 Å². The highest BCUT2D eigenvalue weighted by atomic mass is 32.2. The van der Waals surface area contributed by atoms with Crippen LogP contribution >= 0.6 is 11.8 Å². The Bertz CT molecular complexity index is 490. The average molecular weight is 250 g/mol. The molecule has 0 radical (unpaired) electrons. The van der Waals surface area contributed by atoms with Crippen LogP contribution in [0.5, 0.6) is 0 Å². The largest absolute Gasteiger partial charge is 0.458 e. The molecule has 0 aliphatic rings. The first-order chi connectivity index (χ1) is 8.20. The number of aryl methyl sites for hydroxylation is 1. The molecule has 2 rings (SSSR count). The van der Waals surface area contributed by atoms with Gasteiger partial charge < -0.3 is 9.52 Å². The normalized spacial score (nSPS) is 13.1. The van der Waals surface area contributed by atoms with Gasteiger partial charge in [0, 0.05) is 5.39 Å². The molecule has 0 aliphatic carbocycles. The number of hydrogen-bond acceptors (Lipinski definition) is 3. The highest BCUT2D eigenvalue weighted by molar-refractivity contribution is 7.99. The van der Waals surface area contributed by atoms with Gasteiger partial charge in [0.05, 0.1) is 0 Å². The number of thioether (sulfide) groups is 1. The van der Waals surface area contributed by atoms with Crippen LogP contribution in [0.15, 0.2) is 28.7 Å². The standard InChI is InChI=1S/C14H18O2S/c1-3-17-7-6-12(15)14-9-11-8-10(2)4-5-13(11)16-14/h4-5,8-9,12,15H,3,6-7H2,1-2H3. The summed E-state index contributed by atoms with van der Waals surface area (Å²) in [4.78, 5) is 0. The minimum Gasteiger partial charge on any atom is -0.458 e. The zero-order valence-electron chi connectivity index (χ0n) is 10.3. The minimum atomic E-state index is -0.484. The van der Waals surface area contributed by atoms with Gasteiger partial charge in [-0.05, 0) is 43.0 Å². The van der Waals surface area contributed by atoms with Crippen molar-refractivity contribution in [2.24, 2.45) is 0 Å². The van der Waals surface area contributed by atoms with Gasteiger partial charge in [0.1, 0.15) is 17.4 Å². The van der Waals surface area contributed by atoms with Crippen molar-refractivity contribution in [2.45, 2.75) is 26.4 Å². The average Bonchev–Trinajstić information content (AvgIpc) is 2.72. The third kappa shape index (κ3) is 3.05. The summed E-state index contributed by atoms with van der Waals surface area (Å²) in [6, 6.07) is 8.01. The van der Waals surface area contributed by atoms with Crippen molar-refractivity contribution < 1.29 is 9.52 Å². The predicted molar refractivity (Wildman–Crippen MR) is 73.5 cm³/mol. The van der Waals surface area contributed by atoms with Gasteiger partial charge >= 0.3 is 0 Å². The van der Waals surface area contributed by atoms with Crippen molar-refractivity contribution in [3.8, 4) is 0 Å². The third-order valence-corrected chi connectivity index (χ3v) is 3.69. The molecule has 1 N–H and O–H groups in total. The lowest BCUT2D eigenvalue weighted by Crippen LogP contribution is -1.97. The molecule has 1 unspecified atom stereocenters. The van der Waals surface area contributed by atoms with Crippen LogP contribution in [0, 0.1) is 6.92 Å². The summed E-state index contributed by atoms with van der Waals surface area (Å²) in [5, 5.41) is 11.1. The molecule has 0 saturated carbocycles. The molecule has 0 fully saturated rings. The first-order valence-electron chi connectivity index (χ1n) is 5.96. The molecule has 0 saturated heterocycles. The second kappa shape index (κ2) is 5.61. The van der Waals surface area contributed by atoms with E-state index in [1.807, 2.05) is 30.0 Å². The van der Waals surface area contributed by atoms with Crippen molar-refractivity contribution in [2.75, 3.05) is 11.5 Å². The van der Waals surface area contributed by atoms with Crippen LogP contribution in [0.4, 0.5) is 0 Å². The lowest BCUT2D eigenvalue weighted by molar-refractivity contribution is 0.149. The van der Waals surface area contributed by atoms with Gasteiger partial charge in [-0.3, -0.25) is 0 Å². The Balaban J connectivity index is 2.12. The van der Waals surface area contributed by atoms with Crippen LogP contribution in [-0.4, -0.2) is 16.6 Å². The van der Waals surface area contributed by atoms with E-state index in [2.05, 4.69) is 19.9 Å². The first-order valence-corrected chi connectivity index (χ1v) is 7.12. The Morgan fingerprint density at radius 2 is 2.18 bits per heavy atom. The number of fused-ring (bicyclic) bond motifs is 1. The molecule has 1 atom stereocenters. The summed E-state index contributed by atoms with van der Waals surface area (Å²) >= 11 is 1.84. The van der Waals surface area contributed by atoms with Crippen molar-refractivity contribution in [3.05, 3.63) is 35.6 Å². The monoisotopic (exact) mass is 250 g/mol. The smallest absolute Gasteiger partial charge is 0.134 e. The number of benzene rings is 1. The van der Waals surface area contributed by atoms with E-state index >= 15 is 0 Å². The third-order valence-electron chi connectivity index (χ3n) is 2.76. The van der Waals surface area contributed by atoms with E-state index in [0.717, 1.165) is 28.9 Å². The van der Waals surface area contributed by atoms with Crippen LogP contribution in [-0.2, 0) is 0 Å². The maximum atomic E-state index is 10.0. The SMILES string of the molecule is CCSCCC(O)c1cc2cc(C)ccc2o1. The van der Waals surface area contributed by atoms with E-state index in [1.165, 1.54) is 5.56 Å². The fourth-order valence-corrected chi connectivity index (χ4v) is 2.51. The maximum absolute atomic E-state index is 10.0. The van der Waals surface area contributed by atoms with Crippen molar-refractivity contribution in [3.63, 3.8) is 0 Å². The molecule has 1 heterocycles. The predicted octanol–water partition coefficient (Wildman–Crippen LogP) is 3.92. The number of rotatable bonds is 5. The second-order valence-corrected chi connectivity index (χ2v) is 5.59. The van der Waals surface area contributed by atoms with E-state index in [0.29, 0.717) is 5.76 Å². The highest BCUT2D eigenvalue weighted by Crippen LogP contribution is 2.27. The van der Waals surface area contributed by atoms with Crippen molar-refractivity contribution in [1.29, 1.82) is 0 Å². The Morgan fingerprint density at radius 1 is 1.35 bits per heavy atom. The number of hydrogen-bond donors (Lipinski definition) is 1. The van der Waals surface area contributed by atoms with E-state index in [1.54, 1.807) is 0 Å². The van der Waals surface area contributed by atoms with Gasteiger partial charge in [-0.1, -0.05) is 18.6 Å². The minimum absolute atomic E-state index is 0.484. The van der Waals surface area contributed by atoms with Crippen LogP contribution in [0.3, 0.4) is 0 Å². The number of aliphatic hydroxyl groups excluding tert-OH is 1. The van der Waals surface area contributed by atoms with Gasteiger partial charge in [-0.15, -0.1) is 0 Å². The van der Waals surface area contributed by atoms with Crippen LogP contribution < -0.4 is 0 Å². The topological polar surface area (TPSA) is 33.4 Å². The fraction of sp³-hybridized carbons (Fsp3) is 0.429. The Labute approximate surface area is 106 Å². The van der Waals surface area contributed by atoms with E-state index in [9.17, 15) is 5.11 Å². The zero-order chi connectivity index (χ0) is 12.3. The van der Waals surface area contributed by atoms with E-state index in [-0.39, 0.29) is 0 Å². The Morgan fingerprint density at radius 3 is 2.94 bits per heavy atom. The van der Waals surface area contributed by atoms with Crippen molar-refractivity contribution >= 4 is 22.7 Å². The molecule has 0 bridgehead atoms. The van der Waals surface area contributed by atoms with Crippen LogP contribution in [0.2, 0.25) is 0 Å². The summed E-state index contributed by atoms with van der Waals surface area (Å²) in [6.07, 6.45) is 0.263. The highest BCUT2D eigenvalue weighted by Gasteiger charge is 2.12. The quantitative estimate of drug-likeness (QED) is 0.817. The molecule has 2 nitrogen and oxygen atoms in total. The summed E-state index contributed by atoms with van der Waals surface area (Å²) in [5.41, 5.74) is 2.06. The van der Waals surface area contributed by atoms with Gasteiger partial charge in [0.25, 0.3) is 0 Å². The molecule has 2 aromatic rings. The van der Waals surface area contributed by atoms with Gasteiger partial charge in [-0.25, -0.2) is 0 Å². The summed E-state index contributed by atoms with van der Waals surface area (Å²) in [7, 11) is 0. The molecular formula is C14H18O2S.